The van der Waals surface area contributed by atoms with Gasteiger partial charge in [0, 0.05) is 50.4 Å². The smallest absolute Gasteiger partial charge is 0.246 e. The highest BCUT2D eigenvalue weighted by atomic mass is 16.5. The van der Waals surface area contributed by atoms with Crippen LogP contribution in [0.4, 0.5) is 28.7 Å². The topological polar surface area (TPSA) is 129 Å². The second-order valence-electron chi connectivity index (χ2n) is 9.83. The number of amides is 1. The first kappa shape index (κ1) is 25.8. The summed E-state index contributed by atoms with van der Waals surface area (Å²) in [7, 11) is 9.41. The highest BCUT2D eigenvalue weighted by Gasteiger charge is 2.26. The molecule has 2 aromatic carbocycles. The van der Waals surface area contributed by atoms with Gasteiger partial charge in [-0.25, -0.2) is 9.97 Å². The number of nitrogens with two attached hydrogens (primary N) is 1. The van der Waals surface area contributed by atoms with Gasteiger partial charge in [0.2, 0.25) is 11.9 Å². The lowest BCUT2D eigenvalue weighted by atomic mass is 10.1. The number of aromatic nitrogens is 3. The van der Waals surface area contributed by atoms with Gasteiger partial charge < -0.3 is 35.1 Å². The van der Waals surface area contributed by atoms with Crippen LogP contribution in [0, 0.1) is 11.3 Å². The molecule has 200 valence electrons. The van der Waals surface area contributed by atoms with Gasteiger partial charge in [0.25, 0.3) is 0 Å². The third-order valence-electron chi connectivity index (χ3n) is 6.97. The second kappa shape index (κ2) is 10.2. The number of nitriles is 1. The third-order valence-corrected chi connectivity index (χ3v) is 6.97. The maximum absolute atomic E-state index is 12.5. The van der Waals surface area contributed by atoms with E-state index in [2.05, 4.69) is 26.2 Å². The SMILES string of the molecule is COc1cc(N(C)CCN(C)C)c(N)cc1Nc1ncc(C#N)c(-c2cn3c4c(cccc24)N(C)C(=O)C3)n1. The van der Waals surface area contributed by atoms with Gasteiger partial charge in [0.1, 0.15) is 18.4 Å². The number of nitrogens with one attached hydrogen (secondary N) is 1. The fraction of sp³-hybridized carbons (Fsp3) is 0.286. The first-order chi connectivity index (χ1) is 18.7. The zero-order chi connectivity index (χ0) is 27.8. The van der Waals surface area contributed by atoms with Crippen molar-refractivity contribution in [1.29, 1.82) is 5.26 Å². The summed E-state index contributed by atoms with van der Waals surface area (Å²) in [5.74, 6) is 0.859. The summed E-state index contributed by atoms with van der Waals surface area (Å²) in [6.45, 7) is 1.89. The molecule has 0 bridgehead atoms. The number of benzene rings is 2. The van der Waals surface area contributed by atoms with Gasteiger partial charge in [-0.2, -0.15) is 5.26 Å². The van der Waals surface area contributed by atoms with Crippen molar-refractivity contribution in [3.05, 3.63) is 48.3 Å². The molecule has 5 rings (SSSR count). The number of ether oxygens (including phenoxy) is 1. The Morgan fingerprint density at radius 3 is 2.74 bits per heavy atom. The van der Waals surface area contributed by atoms with Crippen LogP contribution >= 0.6 is 0 Å². The summed E-state index contributed by atoms with van der Waals surface area (Å²) in [4.78, 5) is 27.5. The normalized spacial score (nSPS) is 12.6. The molecule has 1 amide bonds. The van der Waals surface area contributed by atoms with Gasteiger partial charge in [0.15, 0.2) is 0 Å². The zero-order valence-electron chi connectivity index (χ0n) is 22.7. The number of likely N-dealkylation sites (N-methyl/N-ethyl adjacent to an activating group) is 3. The van der Waals surface area contributed by atoms with E-state index in [0.29, 0.717) is 28.4 Å². The van der Waals surface area contributed by atoms with Crippen molar-refractivity contribution in [2.75, 3.05) is 69.2 Å². The summed E-state index contributed by atoms with van der Waals surface area (Å²) in [5.41, 5.74) is 11.8. The van der Waals surface area contributed by atoms with E-state index in [1.807, 2.05) is 56.2 Å². The van der Waals surface area contributed by atoms with Gasteiger partial charge in [-0.1, -0.05) is 12.1 Å². The maximum Gasteiger partial charge on any atom is 0.246 e. The van der Waals surface area contributed by atoms with Crippen LogP contribution in [-0.2, 0) is 11.3 Å². The van der Waals surface area contributed by atoms with E-state index < -0.39 is 0 Å². The van der Waals surface area contributed by atoms with E-state index in [9.17, 15) is 10.1 Å². The Balaban J connectivity index is 1.54. The van der Waals surface area contributed by atoms with Crippen molar-refractivity contribution >= 4 is 45.5 Å². The number of hydrogen-bond acceptors (Lipinski definition) is 9. The molecule has 1 aliphatic rings. The molecule has 0 saturated heterocycles. The van der Waals surface area contributed by atoms with Crippen molar-refractivity contribution in [1.82, 2.24) is 19.4 Å². The average Bonchev–Trinajstić information content (AvgIpc) is 3.29. The maximum atomic E-state index is 12.5. The number of nitrogen functional groups attached to an aromatic ring is 1. The quantitative estimate of drug-likeness (QED) is 0.333. The van der Waals surface area contributed by atoms with E-state index in [1.54, 1.807) is 25.1 Å². The molecule has 0 saturated carbocycles. The van der Waals surface area contributed by atoms with Crippen molar-refractivity contribution in [2.45, 2.75) is 6.54 Å². The zero-order valence-corrected chi connectivity index (χ0v) is 22.7. The van der Waals surface area contributed by atoms with Crippen LogP contribution in [0.3, 0.4) is 0 Å². The molecule has 39 heavy (non-hydrogen) atoms. The minimum Gasteiger partial charge on any atom is -0.494 e. The molecule has 11 nitrogen and oxygen atoms in total. The molecule has 2 aromatic heterocycles. The van der Waals surface area contributed by atoms with Crippen molar-refractivity contribution < 1.29 is 9.53 Å². The van der Waals surface area contributed by atoms with Crippen molar-refractivity contribution in [2.24, 2.45) is 0 Å². The lowest BCUT2D eigenvalue weighted by molar-refractivity contribution is -0.119. The molecule has 3 heterocycles. The molecule has 0 aliphatic carbocycles. The highest BCUT2D eigenvalue weighted by molar-refractivity contribution is 6.10. The van der Waals surface area contributed by atoms with Crippen LogP contribution in [-0.4, -0.2) is 73.7 Å². The van der Waals surface area contributed by atoms with Crippen LogP contribution in [0.5, 0.6) is 5.75 Å². The minimum absolute atomic E-state index is 0.0109. The van der Waals surface area contributed by atoms with Gasteiger partial charge in [-0.3, -0.25) is 4.79 Å². The molecular formula is C28H31N9O2. The first-order valence-corrected chi connectivity index (χ1v) is 12.5. The van der Waals surface area contributed by atoms with Crippen LogP contribution < -0.4 is 25.6 Å². The number of hydrogen-bond donors (Lipinski definition) is 2. The van der Waals surface area contributed by atoms with Crippen LogP contribution in [0.1, 0.15) is 5.56 Å². The van der Waals surface area contributed by atoms with Crippen LogP contribution in [0.25, 0.3) is 22.2 Å². The second-order valence-corrected chi connectivity index (χ2v) is 9.83. The van der Waals surface area contributed by atoms with E-state index in [-0.39, 0.29) is 18.4 Å². The largest absolute Gasteiger partial charge is 0.494 e. The van der Waals surface area contributed by atoms with Gasteiger partial charge in [-0.15, -0.1) is 0 Å². The van der Waals surface area contributed by atoms with E-state index in [4.69, 9.17) is 15.5 Å². The number of carbonyl (C=O) groups is 1. The molecule has 3 N–H and O–H groups in total. The number of methoxy groups -OCH3 is 1. The fourth-order valence-corrected chi connectivity index (χ4v) is 4.81. The Hall–Kier alpha value is -4.82. The number of nitrogens with zero attached hydrogens (tertiary/aromatic N) is 7. The molecule has 0 atom stereocenters. The van der Waals surface area contributed by atoms with Gasteiger partial charge >= 0.3 is 0 Å². The van der Waals surface area contributed by atoms with E-state index >= 15 is 0 Å². The minimum atomic E-state index is -0.0109. The van der Waals surface area contributed by atoms with Crippen molar-refractivity contribution in [3.63, 3.8) is 0 Å². The molecule has 0 unspecified atom stereocenters. The number of para-hydroxylation sites is 1. The molecule has 1 aliphatic heterocycles. The fourth-order valence-electron chi connectivity index (χ4n) is 4.81. The highest BCUT2D eigenvalue weighted by Crippen LogP contribution is 2.39. The lowest BCUT2D eigenvalue weighted by Crippen LogP contribution is -2.33. The molecular weight excluding hydrogens is 494 g/mol. The third kappa shape index (κ3) is 4.66. The van der Waals surface area contributed by atoms with E-state index in [0.717, 1.165) is 40.9 Å². The predicted molar refractivity (Wildman–Crippen MR) is 154 cm³/mol. The summed E-state index contributed by atoms with van der Waals surface area (Å²) < 4.78 is 7.57. The van der Waals surface area contributed by atoms with Crippen LogP contribution in [0.15, 0.2) is 42.7 Å². The Bertz CT molecular complexity index is 1620. The molecule has 0 spiro atoms. The Morgan fingerprint density at radius 1 is 1.23 bits per heavy atom. The Kier molecular flexibility index (Phi) is 6.72. The summed E-state index contributed by atoms with van der Waals surface area (Å²) in [6.07, 6.45) is 3.37. The van der Waals surface area contributed by atoms with Crippen molar-refractivity contribution in [3.8, 4) is 23.1 Å². The average molecular weight is 526 g/mol. The standard InChI is InChI=1S/C28H31N9O2/c1-34(2)9-10-35(3)23-12-24(39-5)21(11-20(23)30)32-28-31-14-17(13-29)26(33-28)19-15-37-16-25(38)36(4)22-8-6-7-18(19)27(22)37/h6-8,11-12,14-15H,9-10,16,30H2,1-5H3,(H,31,32,33). The monoisotopic (exact) mass is 525 g/mol. The molecule has 4 aromatic rings. The summed E-state index contributed by atoms with van der Waals surface area (Å²) in [5, 5.41) is 14.0. The summed E-state index contributed by atoms with van der Waals surface area (Å²) in [6, 6.07) is 11.7. The number of anilines is 5. The molecule has 0 fully saturated rings. The van der Waals surface area contributed by atoms with Gasteiger partial charge in [0.05, 0.1) is 52.8 Å². The number of rotatable bonds is 8. The Morgan fingerprint density at radius 2 is 2.03 bits per heavy atom. The summed E-state index contributed by atoms with van der Waals surface area (Å²) >= 11 is 0. The number of carbonyl (C=O) groups excluding carboxylic acids is 1. The molecule has 0 radical (unpaired) electrons. The van der Waals surface area contributed by atoms with E-state index in [1.165, 1.54) is 6.20 Å². The van der Waals surface area contributed by atoms with Crippen LogP contribution in [0.2, 0.25) is 0 Å². The van der Waals surface area contributed by atoms with Gasteiger partial charge in [-0.05, 0) is 26.2 Å². The molecule has 11 heteroatoms. The Labute approximate surface area is 227 Å². The lowest BCUT2D eigenvalue weighted by Gasteiger charge is -2.24. The predicted octanol–water partition coefficient (Wildman–Crippen LogP) is 3.28. The first-order valence-electron chi connectivity index (χ1n) is 12.5.